The second kappa shape index (κ2) is 10.9. The van der Waals surface area contributed by atoms with Crippen molar-refractivity contribution in [1.29, 1.82) is 0 Å². The molecule has 1 saturated carbocycles. The zero-order chi connectivity index (χ0) is 28.4. The molecule has 4 N–H and O–H groups in total. The number of hydrogen-bond acceptors (Lipinski definition) is 10. The number of benzene rings is 1. The molecule has 208 valence electrons. The van der Waals surface area contributed by atoms with Crippen LogP contribution in [0.4, 0.5) is 22.1 Å². The summed E-state index contributed by atoms with van der Waals surface area (Å²) in [5, 5.41) is 13.2. The lowest BCUT2D eigenvalue weighted by molar-refractivity contribution is 0.0445. The maximum Gasteiger partial charge on any atom is 0.472 e. The van der Waals surface area contributed by atoms with Crippen LogP contribution in [0.5, 0.6) is 0 Å². The monoisotopic (exact) mass is 571 g/mol. The van der Waals surface area contributed by atoms with Crippen LogP contribution in [0.25, 0.3) is 5.52 Å². The lowest BCUT2D eigenvalue weighted by atomic mass is 10.1. The minimum Gasteiger partial charge on any atom is -0.421 e. The van der Waals surface area contributed by atoms with Gasteiger partial charge in [0.15, 0.2) is 11.6 Å². The van der Waals surface area contributed by atoms with Gasteiger partial charge in [0, 0.05) is 23.9 Å². The predicted molar refractivity (Wildman–Crippen MR) is 136 cm³/mol. The first kappa shape index (κ1) is 27.0. The Morgan fingerprint density at radius 3 is 2.67 bits per heavy atom. The van der Waals surface area contributed by atoms with Crippen LogP contribution in [0, 0.1) is 6.92 Å². The number of phosphoric ester groups is 1. The molecule has 0 spiro atoms. The van der Waals surface area contributed by atoms with Gasteiger partial charge in [-0.3, -0.25) is 9.59 Å². The number of phosphoric acid groups is 1. The van der Waals surface area contributed by atoms with E-state index in [4.69, 9.17) is 19.0 Å². The van der Waals surface area contributed by atoms with Crippen molar-refractivity contribution in [1.82, 2.24) is 25.1 Å². The summed E-state index contributed by atoms with van der Waals surface area (Å²) >= 11 is 0. The molecule has 3 heterocycles. The summed E-state index contributed by atoms with van der Waals surface area (Å²) in [6.45, 7) is 0.578. The molecule has 0 aliphatic heterocycles. The van der Waals surface area contributed by atoms with E-state index < -0.39 is 26.6 Å². The van der Waals surface area contributed by atoms with E-state index in [1.165, 1.54) is 41.2 Å². The van der Waals surface area contributed by atoms with Crippen LogP contribution >= 0.6 is 7.82 Å². The second-order valence-electron chi connectivity index (χ2n) is 8.71. The molecule has 0 bridgehead atoms. The number of carbonyl (C=O) groups is 3. The van der Waals surface area contributed by atoms with Crippen LogP contribution in [-0.4, -0.2) is 60.3 Å². The Hall–Kier alpha value is -4.63. The highest BCUT2D eigenvalue weighted by molar-refractivity contribution is 7.46. The maximum absolute atomic E-state index is 13.4. The smallest absolute Gasteiger partial charge is 0.421 e. The topological polar surface area (TPSA) is 211 Å². The van der Waals surface area contributed by atoms with Crippen molar-refractivity contribution in [3.05, 3.63) is 65.8 Å². The Bertz CT molecular complexity index is 1630. The summed E-state index contributed by atoms with van der Waals surface area (Å²) in [7, 11) is -4.94. The van der Waals surface area contributed by atoms with Crippen LogP contribution in [-0.2, 0) is 13.8 Å². The highest BCUT2D eigenvalue weighted by atomic mass is 31.2. The summed E-state index contributed by atoms with van der Waals surface area (Å²) in [6, 6.07) is 7.51. The van der Waals surface area contributed by atoms with Crippen LogP contribution in [0.2, 0.25) is 0 Å². The summed E-state index contributed by atoms with van der Waals surface area (Å²) in [4.78, 5) is 62.0. The van der Waals surface area contributed by atoms with E-state index in [9.17, 15) is 18.9 Å². The van der Waals surface area contributed by atoms with Gasteiger partial charge in [-0.15, -0.1) is 0 Å². The first-order valence-corrected chi connectivity index (χ1v) is 13.3. The number of nitrogens with zero attached hydrogens (tertiary/aromatic N) is 5. The van der Waals surface area contributed by atoms with Gasteiger partial charge in [-0.25, -0.2) is 28.3 Å². The van der Waals surface area contributed by atoms with E-state index in [1.807, 2.05) is 0 Å². The van der Waals surface area contributed by atoms with Gasteiger partial charge < -0.3 is 29.7 Å². The molecule has 0 saturated heterocycles. The van der Waals surface area contributed by atoms with Crippen LogP contribution in [0.15, 0.2) is 53.6 Å². The minimum atomic E-state index is -4.94. The number of rotatable bonds is 9. The van der Waals surface area contributed by atoms with Crippen LogP contribution in [0.1, 0.15) is 39.1 Å². The molecule has 1 aliphatic carbocycles. The Balaban J connectivity index is 1.55. The molecule has 0 atom stereocenters. The molecule has 0 unspecified atom stereocenters. The summed E-state index contributed by atoms with van der Waals surface area (Å²) in [6.07, 6.45) is 4.53. The number of nitrogens with one attached hydrogen (secondary N) is 2. The number of amides is 3. The molecule has 17 heteroatoms. The lowest BCUT2D eigenvalue weighted by Gasteiger charge is -2.24. The van der Waals surface area contributed by atoms with Crippen LogP contribution < -0.4 is 15.5 Å². The fourth-order valence-electron chi connectivity index (χ4n) is 3.68. The molecule has 1 fully saturated rings. The Kier molecular flexibility index (Phi) is 7.32. The predicted octanol–water partition coefficient (Wildman–Crippen LogP) is 2.51. The zero-order valence-corrected chi connectivity index (χ0v) is 21.6. The van der Waals surface area contributed by atoms with Gasteiger partial charge in [0.2, 0.25) is 6.79 Å². The van der Waals surface area contributed by atoms with Gasteiger partial charge in [-0.1, -0.05) is 11.2 Å². The molecule has 4 aromatic rings. The Morgan fingerprint density at radius 1 is 1.18 bits per heavy atom. The average molecular weight is 571 g/mol. The lowest BCUT2D eigenvalue weighted by Crippen LogP contribution is -2.30. The van der Waals surface area contributed by atoms with Gasteiger partial charge in [0.1, 0.15) is 18.1 Å². The summed E-state index contributed by atoms with van der Waals surface area (Å²) in [5.74, 6) is -0.770. The number of fused-ring (bicyclic) bond motifs is 1. The molecule has 3 amide bonds. The van der Waals surface area contributed by atoms with E-state index >= 15 is 0 Å². The van der Waals surface area contributed by atoms with Crippen molar-refractivity contribution in [3.8, 4) is 0 Å². The Morgan fingerprint density at radius 2 is 1.98 bits per heavy atom. The third-order valence-electron chi connectivity index (χ3n) is 5.75. The van der Waals surface area contributed by atoms with E-state index in [-0.39, 0.29) is 45.9 Å². The normalized spacial score (nSPS) is 13.2. The van der Waals surface area contributed by atoms with Crippen molar-refractivity contribution < 1.29 is 42.5 Å². The number of aromatic nitrogens is 4. The molecule has 0 radical (unpaired) electrons. The van der Waals surface area contributed by atoms with Gasteiger partial charge >= 0.3 is 13.9 Å². The first-order valence-electron chi connectivity index (χ1n) is 11.7. The maximum atomic E-state index is 13.4. The van der Waals surface area contributed by atoms with Crippen LogP contribution in [0.3, 0.4) is 0 Å². The number of carbonyl (C=O) groups excluding carboxylic acids is 3. The first-order chi connectivity index (χ1) is 19.1. The minimum absolute atomic E-state index is 0.0428. The van der Waals surface area contributed by atoms with Gasteiger partial charge in [-0.2, -0.15) is 5.10 Å². The van der Waals surface area contributed by atoms with Gasteiger partial charge in [0.25, 0.3) is 11.8 Å². The third kappa shape index (κ3) is 6.16. The largest absolute Gasteiger partial charge is 0.472 e. The van der Waals surface area contributed by atoms with Crippen molar-refractivity contribution >= 4 is 48.6 Å². The molecule has 5 rings (SSSR count). The summed E-state index contributed by atoms with van der Waals surface area (Å²) < 4.78 is 26.4. The van der Waals surface area contributed by atoms with Crippen molar-refractivity contribution in [2.45, 2.75) is 25.8 Å². The quantitative estimate of drug-likeness (QED) is 0.169. The number of anilines is 3. The zero-order valence-electron chi connectivity index (χ0n) is 20.8. The third-order valence-corrected chi connectivity index (χ3v) is 6.19. The van der Waals surface area contributed by atoms with Gasteiger partial charge in [-0.05, 0) is 43.5 Å². The number of ether oxygens (including phenoxy) is 1. The Labute approximate surface area is 225 Å². The molecular formula is C23H22N7O9P. The van der Waals surface area contributed by atoms with Crippen molar-refractivity contribution in [2.24, 2.45) is 0 Å². The van der Waals surface area contributed by atoms with E-state index in [2.05, 4.69) is 30.4 Å². The fourth-order valence-corrected chi connectivity index (χ4v) is 3.87. The van der Waals surface area contributed by atoms with Gasteiger partial charge in [0.05, 0.1) is 11.3 Å². The molecular weight excluding hydrogens is 549 g/mol. The molecule has 3 aromatic heterocycles. The highest BCUT2D eigenvalue weighted by Gasteiger charge is 2.29. The highest BCUT2D eigenvalue weighted by Crippen LogP contribution is 2.36. The van der Waals surface area contributed by atoms with E-state index in [0.717, 1.165) is 24.1 Å². The van der Waals surface area contributed by atoms with Crippen molar-refractivity contribution in [3.63, 3.8) is 0 Å². The summed E-state index contributed by atoms with van der Waals surface area (Å²) in [5.41, 5.74) is 1.26. The number of aryl methyl sites for hydroxylation is 1. The molecule has 1 aromatic carbocycles. The molecule has 40 heavy (non-hydrogen) atoms. The average Bonchev–Trinajstić information content (AvgIpc) is 3.36. The SMILES string of the molecule is Cc1ccc(C(=O)Nc2ccon2)cc1N(C(=O)OCOP(=O)(O)O)c1ncnn2cc(C(=O)NC3CC3)cc12. The fraction of sp³-hybridized carbons (Fsp3) is 0.217. The molecule has 16 nitrogen and oxygen atoms in total. The molecule has 1 aliphatic rings. The number of hydrogen-bond donors (Lipinski definition) is 4. The van der Waals surface area contributed by atoms with E-state index in [0.29, 0.717) is 5.56 Å². The second-order valence-corrected chi connectivity index (χ2v) is 9.95. The standard InChI is InChI=1S/C23H22N7O9P/c1-13-2-3-14(21(31)27-19-6-7-38-28-19)8-17(13)30(23(33)37-12-39-40(34,35)36)20-18-9-15(10-29(18)25-11-24-20)22(32)26-16-4-5-16/h2-3,6-11,16H,4-5,12H2,1H3,(H,26,32)(H,27,28,31)(H2,34,35,36). The van der Waals surface area contributed by atoms with E-state index in [1.54, 1.807) is 13.0 Å². The van der Waals surface area contributed by atoms with Crippen molar-refractivity contribution in [2.75, 3.05) is 17.0 Å².